The van der Waals surface area contributed by atoms with Gasteiger partial charge in [-0.15, -0.1) is 11.3 Å². The number of nitrogens with one attached hydrogen (secondary N) is 1. The van der Waals surface area contributed by atoms with Crippen molar-refractivity contribution in [1.29, 1.82) is 0 Å². The summed E-state index contributed by atoms with van der Waals surface area (Å²) in [5.74, 6) is -0.218. The molecule has 2 aromatic rings. The Labute approximate surface area is 114 Å². The molecular formula is C13H14N2O3S. The maximum Gasteiger partial charge on any atom is 0.365 e. The predicted molar refractivity (Wildman–Crippen MR) is 74.0 cm³/mol. The Kier molecular flexibility index (Phi) is 4.35. The van der Waals surface area contributed by atoms with Crippen LogP contribution in [0.2, 0.25) is 0 Å². The molecule has 1 aromatic heterocycles. The number of benzene rings is 1. The quantitative estimate of drug-likeness (QED) is 0.850. The van der Waals surface area contributed by atoms with Crippen molar-refractivity contribution >= 4 is 23.0 Å². The van der Waals surface area contributed by atoms with E-state index in [0.717, 1.165) is 22.8 Å². The van der Waals surface area contributed by atoms with Gasteiger partial charge in [0.1, 0.15) is 5.75 Å². The summed E-state index contributed by atoms with van der Waals surface area (Å²) in [6.45, 7) is 2.99. The van der Waals surface area contributed by atoms with Gasteiger partial charge < -0.3 is 15.2 Å². The SMILES string of the molecule is CCOc1ccccc1NCc1csc(C(=O)O)n1. The number of ether oxygens (including phenoxy) is 1. The highest BCUT2D eigenvalue weighted by Gasteiger charge is 2.09. The van der Waals surface area contributed by atoms with E-state index in [-0.39, 0.29) is 5.01 Å². The van der Waals surface area contributed by atoms with Crippen LogP contribution in [0.15, 0.2) is 29.6 Å². The Balaban J connectivity index is 2.03. The topological polar surface area (TPSA) is 71.5 Å². The summed E-state index contributed by atoms with van der Waals surface area (Å²) in [7, 11) is 0. The number of aromatic carboxylic acids is 1. The lowest BCUT2D eigenvalue weighted by molar-refractivity contribution is 0.0696. The molecule has 0 fully saturated rings. The second-order valence-corrected chi connectivity index (χ2v) is 4.59. The van der Waals surface area contributed by atoms with E-state index in [1.807, 2.05) is 31.2 Å². The van der Waals surface area contributed by atoms with E-state index >= 15 is 0 Å². The lowest BCUT2D eigenvalue weighted by atomic mass is 10.3. The standard InChI is InChI=1S/C13H14N2O3S/c1-2-18-11-6-4-3-5-10(11)14-7-9-8-19-12(15-9)13(16)17/h3-6,8,14H,2,7H2,1H3,(H,16,17). The third kappa shape index (κ3) is 3.45. The number of carbonyl (C=O) groups is 1. The third-order valence-electron chi connectivity index (χ3n) is 2.38. The fourth-order valence-electron chi connectivity index (χ4n) is 1.57. The average molecular weight is 278 g/mol. The molecule has 2 N–H and O–H groups in total. The molecule has 1 heterocycles. The summed E-state index contributed by atoms with van der Waals surface area (Å²) >= 11 is 1.13. The molecule has 19 heavy (non-hydrogen) atoms. The van der Waals surface area contributed by atoms with E-state index in [9.17, 15) is 4.79 Å². The molecule has 6 heteroatoms. The minimum absolute atomic E-state index is 0.106. The van der Waals surface area contributed by atoms with Gasteiger partial charge in [0.05, 0.1) is 24.5 Å². The fourth-order valence-corrected chi connectivity index (χ4v) is 2.22. The molecule has 0 spiro atoms. The van der Waals surface area contributed by atoms with E-state index in [1.54, 1.807) is 5.38 Å². The zero-order valence-electron chi connectivity index (χ0n) is 10.4. The van der Waals surface area contributed by atoms with Crippen LogP contribution in [0.1, 0.15) is 22.4 Å². The highest BCUT2D eigenvalue weighted by molar-refractivity contribution is 7.11. The molecule has 0 aliphatic heterocycles. The first kappa shape index (κ1) is 13.4. The number of hydrogen-bond donors (Lipinski definition) is 2. The monoisotopic (exact) mass is 278 g/mol. The molecule has 0 atom stereocenters. The molecule has 0 amide bonds. The Bertz CT molecular complexity index is 569. The van der Waals surface area contributed by atoms with Crippen molar-refractivity contribution in [3.8, 4) is 5.75 Å². The second-order valence-electron chi connectivity index (χ2n) is 3.73. The van der Waals surface area contributed by atoms with Gasteiger partial charge in [-0.1, -0.05) is 12.1 Å². The molecule has 0 bridgehead atoms. The van der Waals surface area contributed by atoms with Crippen LogP contribution < -0.4 is 10.1 Å². The summed E-state index contributed by atoms with van der Waals surface area (Å²) in [5, 5.41) is 13.8. The van der Waals surface area contributed by atoms with Crippen molar-refractivity contribution in [2.75, 3.05) is 11.9 Å². The van der Waals surface area contributed by atoms with Gasteiger partial charge in [0.2, 0.25) is 5.01 Å². The van der Waals surface area contributed by atoms with Gasteiger partial charge >= 0.3 is 5.97 Å². The van der Waals surface area contributed by atoms with Crippen molar-refractivity contribution < 1.29 is 14.6 Å². The first-order valence-corrected chi connectivity index (χ1v) is 6.72. The number of hydrogen-bond acceptors (Lipinski definition) is 5. The van der Waals surface area contributed by atoms with E-state index in [4.69, 9.17) is 9.84 Å². The highest BCUT2D eigenvalue weighted by atomic mass is 32.1. The van der Waals surface area contributed by atoms with Gasteiger partial charge in [0.25, 0.3) is 0 Å². The zero-order chi connectivity index (χ0) is 13.7. The number of aromatic nitrogens is 1. The first-order chi connectivity index (χ1) is 9.20. The minimum atomic E-state index is -0.994. The van der Waals surface area contributed by atoms with Gasteiger partial charge in [0.15, 0.2) is 0 Å². The molecule has 0 saturated heterocycles. The van der Waals surface area contributed by atoms with Gasteiger partial charge in [-0.05, 0) is 19.1 Å². The largest absolute Gasteiger partial charge is 0.492 e. The molecule has 5 nitrogen and oxygen atoms in total. The van der Waals surface area contributed by atoms with Crippen LogP contribution in [0, 0.1) is 0 Å². The molecule has 0 radical (unpaired) electrons. The average Bonchev–Trinajstić information content (AvgIpc) is 2.87. The maximum atomic E-state index is 10.7. The number of thiazole rings is 1. The van der Waals surface area contributed by atoms with Crippen LogP contribution in [-0.2, 0) is 6.54 Å². The van der Waals surface area contributed by atoms with Crippen LogP contribution in [0.25, 0.3) is 0 Å². The van der Waals surface area contributed by atoms with E-state index in [0.29, 0.717) is 18.8 Å². The molecule has 1 aromatic carbocycles. The molecular weight excluding hydrogens is 264 g/mol. The van der Waals surface area contributed by atoms with Gasteiger partial charge in [-0.2, -0.15) is 0 Å². The lowest BCUT2D eigenvalue weighted by Crippen LogP contribution is -2.03. The van der Waals surface area contributed by atoms with Crippen molar-refractivity contribution in [3.05, 3.63) is 40.3 Å². The Morgan fingerprint density at radius 1 is 1.47 bits per heavy atom. The summed E-state index contributed by atoms with van der Waals surface area (Å²) in [6.07, 6.45) is 0. The van der Waals surface area contributed by atoms with Crippen molar-refractivity contribution in [2.45, 2.75) is 13.5 Å². The van der Waals surface area contributed by atoms with E-state index in [2.05, 4.69) is 10.3 Å². The predicted octanol–water partition coefficient (Wildman–Crippen LogP) is 2.85. The van der Waals surface area contributed by atoms with Crippen molar-refractivity contribution in [2.24, 2.45) is 0 Å². The maximum absolute atomic E-state index is 10.7. The summed E-state index contributed by atoms with van der Waals surface area (Å²) in [6, 6.07) is 7.61. The summed E-state index contributed by atoms with van der Waals surface area (Å²) in [4.78, 5) is 14.8. The second kappa shape index (κ2) is 6.19. The Morgan fingerprint density at radius 3 is 2.95 bits per heavy atom. The summed E-state index contributed by atoms with van der Waals surface area (Å²) in [5.41, 5.74) is 1.57. The van der Waals surface area contributed by atoms with Crippen LogP contribution >= 0.6 is 11.3 Å². The van der Waals surface area contributed by atoms with Crippen molar-refractivity contribution in [3.63, 3.8) is 0 Å². The van der Waals surface area contributed by atoms with Gasteiger partial charge in [-0.25, -0.2) is 9.78 Å². The Hall–Kier alpha value is -2.08. The normalized spacial score (nSPS) is 10.2. The third-order valence-corrected chi connectivity index (χ3v) is 3.26. The number of carboxylic acids is 1. The van der Waals surface area contributed by atoms with Gasteiger partial charge in [0, 0.05) is 5.38 Å². The molecule has 0 aliphatic carbocycles. The fraction of sp³-hybridized carbons (Fsp3) is 0.231. The molecule has 0 aliphatic rings. The molecule has 0 saturated carbocycles. The van der Waals surface area contributed by atoms with Crippen LogP contribution in [0.5, 0.6) is 5.75 Å². The smallest absolute Gasteiger partial charge is 0.365 e. The van der Waals surface area contributed by atoms with Crippen LogP contribution in [-0.4, -0.2) is 22.7 Å². The minimum Gasteiger partial charge on any atom is -0.492 e. The number of anilines is 1. The molecule has 0 unspecified atom stereocenters. The summed E-state index contributed by atoms with van der Waals surface area (Å²) < 4.78 is 5.49. The Morgan fingerprint density at radius 2 is 2.26 bits per heavy atom. The van der Waals surface area contributed by atoms with Crippen LogP contribution in [0.4, 0.5) is 5.69 Å². The van der Waals surface area contributed by atoms with Crippen molar-refractivity contribution in [1.82, 2.24) is 4.98 Å². The molecule has 100 valence electrons. The first-order valence-electron chi connectivity index (χ1n) is 5.84. The highest BCUT2D eigenvalue weighted by Crippen LogP contribution is 2.24. The number of carboxylic acid groups (broad SMARTS) is 1. The molecule has 2 rings (SSSR count). The number of nitrogens with zero attached hydrogens (tertiary/aromatic N) is 1. The van der Waals surface area contributed by atoms with Crippen LogP contribution in [0.3, 0.4) is 0 Å². The zero-order valence-corrected chi connectivity index (χ0v) is 11.2. The van der Waals surface area contributed by atoms with Gasteiger partial charge in [-0.3, -0.25) is 0 Å². The van der Waals surface area contributed by atoms with E-state index in [1.165, 1.54) is 0 Å². The lowest BCUT2D eigenvalue weighted by Gasteiger charge is -2.11. The number of para-hydroxylation sites is 2. The number of rotatable bonds is 6. The van der Waals surface area contributed by atoms with E-state index < -0.39 is 5.97 Å².